The van der Waals surface area contributed by atoms with Crippen LogP contribution in [0.1, 0.15) is 30.0 Å². The summed E-state index contributed by atoms with van der Waals surface area (Å²) < 4.78 is 0. The Hall–Kier alpha value is -1.39. The largest absolute Gasteiger partial charge is 0.480 e. The lowest BCUT2D eigenvalue weighted by Gasteiger charge is -2.16. The monoisotopic (exact) mass is 207 g/mol. The Labute approximate surface area is 87.3 Å². The number of aliphatic hydroxyl groups is 1. The standard InChI is InChI=1S/C11H13NO3/c12-9(10(13)14)7-3-1-2-4-8(7)11(15)5-6-11/h1-4,9,15H,5-6,12H2,(H,13,14). The van der Waals surface area contributed by atoms with Gasteiger partial charge in [0, 0.05) is 0 Å². The van der Waals surface area contributed by atoms with E-state index in [2.05, 4.69) is 0 Å². The molecule has 0 aromatic heterocycles. The molecule has 15 heavy (non-hydrogen) atoms. The van der Waals surface area contributed by atoms with Crippen LogP contribution in [0.25, 0.3) is 0 Å². The molecule has 1 fully saturated rings. The predicted molar refractivity (Wildman–Crippen MR) is 54.1 cm³/mol. The molecule has 0 aliphatic heterocycles. The molecule has 1 atom stereocenters. The number of aliphatic carboxylic acids is 1. The minimum atomic E-state index is -1.08. The fourth-order valence-corrected chi connectivity index (χ4v) is 1.71. The van der Waals surface area contributed by atoms with Gasteiger partial charge in [-0.2, -0.15) is 0 Å². The van der Waals surface area contributed by atoms with E-state index in [0.717, 1.165) is 0 Å². The van der Waals surface area contributed by atoms with Gasteiger partial charge in [-0.25, -0.2) is 0 Å². The van der Waals surface area contributed by atoms with Crippen molar-refractivity contribution in [3.63, 3.8) is 0 Å². The third kappa shape index (κ3) is 1.73. The molecule has 1 unspecified atom stereocenters. The van der Waals surface area contributed by atoms with Gasteiger partial charge in [0.1, 0.15) is 6.04 Å². The zero-order valence-electron chi connectivity index (χ0n) is 8.18. The van der Waals surface area contributed by atoms with Crippen LogP contribution in [0.2, 0.25) is 0 Å². The average molecular weight is 207 g/mol. The molecule has 0 saturated heterocycles. The van der Waals surface area contributed by atoms with Gasteiger partial charge in [0.25, 0.3) is 0 Å². The van der Waals surface area contributed by atoms with Gasteiger partial charge < -0.3 is 15.9 Å². The molecule has 0 spiro atoms. The van der Waals surface area contributed by atoms with Crippen molar-refractivity contribution in [1.29, 1.82) is 0 Å². The van der Waals surface area contributed by atoms with Crippen molar-refractivity contribution >= 4 is 5.97 Å². The lowest BCUT2D eigenvalue weighted by atomic mass is 9.96. The van der Waals surface area contributed by atoms with E-state index in [4.69, 9.17) is 10.8 Å². The summed E-state index contributed by atoms with van der Waals surface area (Å²) in [6, 6.07) is 5.85. The normalized spacial score (nSPS) is 19.6. The molecule has 0 heterocycles. The van der Waals surface area contributed by atoms with Crippen molar-refractivity contribution < 1.29 is 15.0 Å². The number of carboxylic acids is 1. The van der Waals surface area contributed by atoms with Crippen molar-refractivity contribution in [2.24, 2.45) is 5.73 Å². The van der Waals surface area contributed by atoms with E-state index >= 15 is 0 Å². The first kappa shape index (κ1) is 10.1. The highest BCUT2D eigenvalue weighted by atomic mass is 16.4. The highest BCUT2D eigenvalue weighted by Crippen LogP contribution is 2.47. The molecule has 0 bridgehead atoms. The Balaban J connectivity index is 2.42. The Kier molecular flexibility index (Phi) is 2.25. The molecule has 1 saturated carbocycles. The van der Waals surface area contributed by atoms with E-state index in [-0.39, 0.29) is 0 Å². The Morgan fingerprint density at radius 2 is 2.00 bits per heavy atom. The lowest BCUT2D eigenvalue weighted by molar-refractivity contribution is -0.138. The summed E-state index contributed by atoms with van der Waals surface area (Å²) in [5.74, 6) is -1.08. The van der Waals surface area contributed by atoms with Gasteiger partial charge in [-0.05, 0) is 24.0 Å². The van der Waals surface area contributed by atoms with Crippen molar-refractivity contribution in [3.8, 4) is 0 Å². The highest BCUT2D eigenvalue weighted by Gasteiger charge is 2.44. The summed E-state index contributed by atoms with van der Waals surface area (Å²) in [6.07, 6.45) is 1.35. The Morgan fingerprint density at radius 1 is 1.40 bits per heavy atom. The van der Waals surface area contributed by atoms with Gasteiger partial charge in [0.2, 0.25) is 0 Å². The predicted octanol–water partition coefficient (Wildman–Crippen LogP) is 0.752. The van der Waals surface area contributed by atoms with Gasteiger partial charge in [0.15, 0.2) is 0 Å². The number of rotatable bonds is 3. The minimum absolute atomic E-state index is 0.505. The summed E-state index contributed by atoms with van der Waals surface area (Å²) in [4.78, 5) is 10.8. The maximum atomic E-state index is 10.8. The van der Waals surface area contributed by atoms with Crippen molar-refractivity contribution in [1.82, 2.24) is 0 Å². The molecule has 0 radical (unpaired) electrons. The molecular weight excluding hydrogens is 194 g/mol. The van der Waals surface area contributed by atoms with Crippen molar-refractivity contribution in [3.05, 3.63) is 35.4 Å². The first-order chi connectivity index (χ1) is 7.04. The van der Waals surface area contributed by atoms with Gasteiger partial charge >= 0.3 is 5.97 Å². The van der Waals surface area contributed by atoms with Gasteiger partial charge in [-0.1, -0.05) is 24.3 Å². The molecule has 0 amide bonds. The number of benzene rings is 1. The SMILES string of the molecule is NC(C(=O)O)c1ccccc1C1(O)CC1. The summed E-state index contributed by atoms with van der Waals surface area (Å²) >= 11 is 0. The number of carboxylic acid groups (broad SMARTS) is 1. The van der Waals surface area contributed by atoms with Crippen LogP contribution in [0.15, 0.2) is 24.3 Å². The molecule has 4 nitrogen and oxygen atoms in total. The molecule has 80 valence electrons. The highest BCUT2D eigenvalue weighted by molar-refractivity contribution is 5.76. The van der Waals surface area contributed by atoms with Crippen molar-refractivity contribution in [2.45, 2.75) is 24.5 Å². The van der Waals surface area contributed by atoms with Gasteiger partial charge in [-0.3, -0.25) is 4.79 Å². The van der Waals surface area contributed by atoms with Crippen LogP contribution in [0.5, 0.6) is 0 Å². The van der Waals surface area contributed by atoms with Crippen LogP contribution in [-0.2, 0) is 10.4 Å². The van der Waals surface area contributed by atoms with Crippen LogP contribution < -0.4 is 5.73 Å². The second-order valence-electron chi connectivity index (χ2n) is 3.93. The smallest absolute Gasteiger partial charge is 0.325 e. The second-order valence-corrected chi connectivity index (χ2v) is 3.93. The summed E-state index contributed by atoms with van der Waals surface area (Å²) in [5.41, 5.74) is 5.87. The Morgan fingerprint density at radius 3 is 2.53 bits per heavy atom. The minimum Gasteiger partial charge on any atom is -0.480 e. The summed E-state index contributed by atoms with van der Waals surface area (Å²) in [5, 5.41) is 18.8. The first-order valence-corrected chi connectivity index (χ1v) is 4.85. The van der Waals surface area contributed by atoms with Crippen LogP contribution >= 0.6 is 0 Å². The molecule has 1 aliphatic carbocycles. The van der Waals surface area contributed by atoms with E-state index in [1.807, 2.05) is 0 Å². The second kappa shape index (κ2) is 3.32. The number of nitrogens with two attached hydrogens (primary N) is 1. The molecule has 4 N–H and O–H groups in total. The third-order valence-corrected chi connectivity index (χ3v) is 2.79. The maximum Gasteiger partial charge on any atom is 0.325 e. The summed E-state index contributed by atoms with van der Waals surface area (Å²) in [7, 11) is 0. The van der Waals surface area contributed by atoms with E-state index in [1.165, 1.54) is 0 Å². The molecule has 4 heteroatoms. The fraction of sp³-hybridized carbons (Fsp3) is 0.364. The zero-order valence-corrected chi connectivity index (χ0v) is 8.18. The molecule has 1 aromatic carbocycles. The van der Waals surface area contributed by atoms with Crippen LogP contribution in [0, 0.1) is 0 Å². The average Bonchev–Trinajstić information content (AvgIpc) is 2.96. The topological polar surface area (TPSA) is 83.6 Å². The first-order valence-electron chi connectivity index (χ1n) is 4.85. The summed E-state index contributed by atoms with van der Waals surface area (Å²) in [6.45, 7) is 0. The number of hydrogen-bond acceptors (Lipinski definition) is 3. The zero-order chi connectivity index (χ0) is 11.1. The third-order valence-electron chi connectivity index (χ3n) is 2.79. The van der Waals surface area contributed by atoms with E-state index < -0.39 is 17.6 Å². The molecule has 1 aliphatic rings. The van der Waals surface area contributed by atoms with Gasteiger partial charge in [-0.15, -0.1) is 0 Å². The maximum absolute atomic E-state index is 10.8. The Bertz CT molecular complexity index is 399. The van der Waals surface area contributed by atoms with Gasteiger partial charge in [0.05, 0.1) is 5.60 Å². The molecule has 1 aromatic rings. The quantitative estimate of drug-likeness (QED) is 0.683. The molecular formula is C11H13NO3. The fourth-order valence-electron chi connectivity index (χ4n) is 1.71. The van der Waals surface area contributed by atoms with E-state index in [0.29, 0.717) is 24.0 Å². The number of carbonyl (C=O) groups is 1. The van der Waals surface area contributed by atoms with Crippen LogP contribution in [0.4, 0.5) is 0 Å². The molecule has 2 rings (SSSR count). The lowest BCUT2D eigenvalue weighted by Crippen LogP contribution is -2.24. The van der Waals surface area contributed by atoms with E-state index in [9.17, 15) is 9.90 Å². The van der Waals surface area contributed by atoms with E-state index in [1.54, 1.807) is 24.3 Å². The van der Waals surface area contributed by atoms with Crippen molar-refractivity contribution in [2.75, 3.05) is 0 Å². The number of hydrogen-bond donors (Lipinski definition) is 3. The van der Waals surface area contributed by atoms with Crippen LogP contribution in [-0.4, -0.2) is 16.2 Å². The van der Waals surface area contributed by atoms with Crippen LogP contribution in [0.3, 0.4) is 0 Å².